The highest BCUT2D eigenvalue weighted by atomic mass is 16.5. The standard InChI is InChI=1S/C29H38N4O3/c1-20(2)35-25-12-6-21(7-13-25)18-30-28(34)23-14-16-33(17-15-23)19-26-31-27(32-36-26)22-8-10-24(11-9-22)29(3,4)5/h6-13,20,23H,14-19H2,1-5H3,(H,30,34). The molecule has 36 heavy (non-hydrogen) atoms. The Morgan fingerprint density at radius 1 is 1.08 bits per heavy atom. The molecule has 4 rings (SSSR count). The van der Waals surface area contributed by atoms with E-state index in [-0.39, 0.29) is 23.3 Å². The molecule has 1 aromatic heterocycles. The first-order valence-electron chi connectivity index (χ1n) is 12.9. The van der Waals surface area contributed by atoms with Crippen LogP contribution in [0.1, 0.15) is 64.5 Å². The fraction of sp³-hybridized carbons (Fsp3) is 0.483. The molecule has 0 spiro atoms. The lowest BCUT2D eigenvalue weighted by molar-refractivity contribution is -0.126. The minimum absolute atomic E-state index is 0.0318. The van der Waals surface area contributed by atoms with Gasteiger partial charge in [-0.05, 0) is 68.5 Å². The van der Waals surface area contributed by atoms with Crippen molar-refractivity contribution in [2.75, 3.05) is 13.1 Å². The van der Waals surface area contributed by atoms with Gasteiger partial charge in [0, 0.05) is 18.0 Å². The Morgan fingerprint density at radius 3 is 2.36 bits per heavy atom. The molecule has 3 aromatic rings. The SMILES string of the molecule is CC(C)Oc1ccc(CNC(=O)C2CCN(Cc3nc(-c4ccc(C(C)(C)C)cc4)no3)CC2)cc1. The molecule has 0 atom stereocenters. The normalized spacial score (nSPS) is 15.3. The van der Waals surface area contributed by atoms with Gasteiger partial charge < -0.3 is 14.6 Å². The van der Waals surface area contributed by atoms with Crippen molar-refractivity contribution >= 4 is 5.91 Å². The van der Waals surface area contributed by atoms with Crippen molar-refractivity contribution < 1.29 is 14.1 Å². The van der Waals surface area contributed by atoms with Crippen LogP contribution in [0.3, 0.4) is 0 Å². The first-order valence-corrected chi connectivity index (χ1v) is 12.9. The van der Waals surface area contributed by atoms with Crippen LogP contribution in [0, 0.1) is 5.92 Å². The summed E-state index contributed by atoms with van der Waals surface area (Å²) >= 11 is 0. The molecule has 1 fully saturated rings. The second-order valence-electron chi connectivity index (χ2n) is 10.9. The Morgan fingerprint density at radius 2 is 1.75 bits per heavy atom. The van der Waals surface area contributed by atoms with E-state index in [0.717, 1.165) is 42.8 Å². The van der Waals surface area contributed by atoms with Gasteiger partial charge >= 0.3 is 0 Å². The number of aromatic nitrogens is 2. The highest BCUT2D eigenvalue weighted by Gasteiger charge is 2.26. The van der Waals surface area contributed by atoms with Crippen molar-refractivity contribution in [1.29, 1.82) is 0 Å². The van der Waals surface area contributed by atoms with Crippen molar-refractivity contribution in [3.63, 3.8) is 0 Å². The fourth-order valence-corrected chi connectivity index (χ4v) is 4.39. The van der Waals surface area contributed by atoms with Gasteiger partial charge in [-0.2, -0.15) is 4.98 Å². The number of nitrogens with one attached hydrogen (secondary N) is 1. The number of carbonyl (C=O) groups excluding carboxylic acids is 1. The molecule has 2 heterocycles. The van der Waals surface area contributed by atoms with Crippen molar-refractivity contribution in [2.45, 2.75) is 72.1 Å². The van der Waals surface area contributed by atoms with Gasteiger partial charge in [-0.1, -0.05) is 62.3 Å². The van der Waals surface area contributed by atoms with Crippen LogP contribution >= 0.6 is 0 Å². The third-order valence-electron chi connectivity index (χ3n) is 6.56. The first-order chi connectivity index (χ1) is 17.2. The molecule has 1 aliphatic rings. The van der Waals surface area contributed by atoms with E-state index < -0.39 is 0 Å². The van der Waals surface area contributed by atoms with E-state index in [1.165, 1.54) is 5.56 Å². The molecule has 0 unspecified atom stereocenters. The summed E-state index contributed by atoms with van der Waals surface area (Å²) in [5, 5.41) is 7.26. The lowest BCUT2D eigenvalue weighted by Gasteiger charge is -2.30. The van der Waals surface area contributed by atoms with E-state index in [4.69, 9.17) is 9.26 Å². The average molecular weight is 491 g/mol. The molecule has 1 amide bonds. The van der Waals surface area contributed by atoms with Gasteiger partial charge in [-0.25, -0.2) is 0 Å². The Labute approximate surface area is 214 Å². The third-order valence-corrected chi connectivity index (χ3v) is 6.56. The zero-order valence-electron chi connectivity index (χ0n) is 22.1. The van der Waals surface area contributed by atoms with Crippen LogP contribution in [0.4, 0.5) is 0 Å². The summed E-state index contributed by atoms with van der Waals surface area (Å²) in [6.07, 6.45) is 1.79. The third kappa shape index (κ3) is 6.94. The lowest BCUT2D eigenvalue weighted by Crippen LogP contribution is -2.40. The maximum Gasteiger partial charge on any atom is 0.241 e. The number of ether oxygens (including phenoxy) is 1. The number of hydrogen-bond donors (Lipinski definition) is 1. The van der Waals surface area contributed by atoms with Gasteiger partial charge in [0.2, 0.25) is 17.6 Å². The summed E-state index contributed by atoms with van der Waals surface area (Å²) in [5.74, 6) is 2.22. The van der Waals surface area contributed by atoms with Crippen molar-refractivity contribution in [3.8, 4) is 17.1 Å². The second kappa shape index (κ2) is 11.2. The average Bonchev–Trinajstić information content (AvgIpc) is 3.31. The number of nitrogens with zero attached hydrogens (tertiary/aromatic N) is 3. The summed E-state index contributed by atoms with van der Waals surface area (Å²) in [7, 11) is 0. The second-order valence-corrected chi connectivity index (χ2v) is 10.9. The van der Waals surface area contributed by atoms with Crippen LogP contribution in [-0.2, 0) is 23.3 Å². The molecular formula is C29H38N4O3. The van der Waals surface area contributed by atoms with E-state index in [0.29, 0.717) is 24.8 Å². The molecule has 7 nitrogen and oxygen atoms in total. The van der Waals surface area contributed by atoms with Gasteiger partial charge in [-0.15, -0.1) is 0 Å². The molecular weight excluding hydrogens is 452 g/mol. The van der Waals surface area contributed by atoms with Crippen LogP contribution in [0.2, 0.25) is 0 Å². The number of rotatable bonds is 8. The smallest absolute Gasteiger partial charge is 0.241 e. The zero-order valence-corrected chi connectivity index (χ0v) is 22.1. The maximum absolute atomic E-state index is 12.7. The number of likely N-dealkylation sites (tertiary alicyclic amines) is 1. The predicted molar refractivity (Wildman–Crippen MR) is 140 cm³/mol. The molecule has 1 saturated heterocycles. The van der Waals surface area contributed by atoms with E-state index >= 15 is 0 Å². The van der Waals surface area contributed by atoms with Crippen molar-refractivity contribution in [3.05, 3.63) is 65.5 Å². The topological polar surface area (TPSA) is 80.5 Å². The molecule has 0 saturated carbocycles. The summed E-state index contributed by atoms with van der Waals surface area (Å²) in [6.45, 7) is 13.4. The minimum Gasteiger partial charge on any atom is -0.491 e. The predicted octanol–water partition coefficient (Wildman–Crippen LogP) is 5.35. The number of benzene rings is 2. The summed E-state index contributed by atoms with van der Waals surface area (Å²) in [5.41, 5.74) is 3.40. The number of carbonyl (C=O) groups is 1. The van der Waals surface area contributed by atoms with Crippen LogP contribution in [0.25, 0.3) is 11.4 Å². The summed E-state index contributed by atoms with van der Waals surface area (Å²) in [4.78, 5) is 19.6. The van der Waals surface area contributed by atoms with Gasteiger partial charge in [0.25, 0.3) is 0 Å². The Balaban J connectivity index is 1.22. The number of piperidine rings is 1. The van der Waals surface area contributed by atoms with E-state index in [1.807, 2.05) is 50.2 Å². The van der Waals surface area contributed by atoms with Crippen LogP contribution in [0.5, 0.6) is 5.75 Å². The van der Waals surface area contributed by atoms with E-state index in [9.17, 15) is 4.79 Å². The van der Waals surface area contributed by atoms with E-state index in [1.54, 1.807) is 0 Å². The molecule has 0 bridgehead atoms. The van der Waals surface area contributed by atoms with Gasteiger partial charge in [0.15, 0.2) is 0 Å². The zero-order chi connectivity index (χ0) is 25.7. The van der Waals surface area contributed by atoms with Gasteiger partial charge in [-0.3, -0.25) is 9.69 Å². The molecule has 2 aromatic carbocycles. The molecule has 1 aliphatic heterocycles. The quantitative estimate of drug-likeness (QED) is 0.459. The summed E-state index contributed by atoms with van der Waals surface area (Å²) < 4.78 is 11.2. The van der Waals surface area contributed by atoms with Crippen LogP contribution in [0.15, 0.2) is 53.1 Å². The molecule has 192 valence electrons. The Bertz CT molecular complexity index is 1120. The molecule has 7 heteroatoms. The number of hydrogen-bond acceptors (Lipinski definition) is 6. The first kappa shape index (κ1) is 25.9. The van der Waals surface area contributed by atoms with Crippen LogP contribution in [-0.4, -0.2) is 40.1 Å². The lowest BCUT2D eigenvalue weighted by atomic mass is 9.87. The highest BCUT2D eigenvalue weighted by molar-refractivity contribution is 5.78. The van der Waals surface area contributed by atoms with Crippen LogP contribution < -0.4 is 10.1 Å². The van der Waals surface area contributed by atoms with Crippen molar-refractivity contribution in [2.24, 2.45) is 5.92 Å². The van der Waals surface area contributed by atoms with Gasteiger partial charge in [0.05, 0.1) is 12.6 Å². The maximum atomic E-state index is 12.7. The largest absolute Gasteiger partial charge is 0.491 e. The summed E-state index contributed by atoms with van der Waals surface area (Å²) in [6, 6.07) is 16.2. The van der Waals surface area contributed by atoms with Gasteiger partial charge in [0.1, 0.15) is 5.75 Å². The fourth-order valence-electron chi connectivity index (χ4n) is 4.39. The van der Waals surface area contributed by atoms with Crippen molar-refractivity contribution in [1.82, 2.24) is 20.4 Å². The number of amides is 1. The Hall–Kier alpha value is -3.19. The highest BCUT2D eigenvalue weighted by Crippen LogP contribution is 2.25. The molecule has 0 aliphatic carbocycles. The Kier molecular flexibility index (Phi) is 8.09. The molecule has 1 N–H and O–H groups in total. The van der Waals surface area contributed by atoms with E-state index in [2.05, 4.69) is 53.3 Å². The minimum atomic E-state index is 0.0318. The monoisotopic (exact) mass is 490 g/mol. The molecule has 0 radical (unpaired) electrons.